The molecule has 0 aromatic rings. The summed E-state index contributed by atoms with van der Waals surface area (Å²) >= 11 is 0. The summed E-state index contributed by atoms with van der Waals surface area (Å²) in [7, 11) is -13.2. The van der Waals surface area contributed by atoms with Gasteiger partial charge < -0.3 is 0 Å². The molecule has 108 valence electrons. The molecule has 8 nitrogen and oxygen atoms in total. The third-order valence-corrected chi connectivity index (χ3v) is 3.80. The Morgan fingerprint density at radius 2 is 0.889 bits per heavy atom. The molecule has 0 aromatic carbocycles. The number of nitroso groups, excluding NO2 is 2. The zero-order valence-electron chi connectivity index (χ0n) is 7.48. The first-order valence-electron chi connectivity index (χ1n) is 2.98. The first-order chi connectivity index (χ1) is 7.62. The number of rotatable bonds is 2. The third kappa shape index (κ3) is 5.39. The maximum absolute atomic E-state index is 11.5. The van der Waals surface area contributed by atoms with E-state index in [9.17, 15) is 43.2 Å². The van der Waals surface area contributed by atoms with Gasteiger partial charge in [-0.2, -0.15) is 26.3 Å². The Bertz CT molecular complexity index is 465. The van der Waals surface area contributed by atoms with E-state index in [1.54, 1.807) is 0 Å². The van der Waals surface area contributed by atoms with Crippen molar-refractivity contribution in [2.45, 2.75) is 11.0 Å². The van der Waals surface area contributed by atoms with Crippen molar-refractivity contribution in [3.05, 3.63) is 9.81 Å². The van der Waals surface area contributed by atoms with Crippen LogP contribution in [0.3, 0.4) is 0 Å². The predicted molar refractivity (Wildman–Crippen MR) is 42.0 cm³/mol. The van der Waals surface area contributed by atoms with Crippen molar-refractivity contribution >= 4 is 20.0 Å². The molecule has 0 aliphatic rings. The molecule has 18 heavy (non-hydrogen) atoms. The second-order valence-electron chi connectivity index (χ2n) is 2.06. The quantitative estimate of drug-likeness (QED) is 0.555. The summed E-state index contributed by atoms with van der Waals surface area (Å²) in [6.45, 7) is 0. The van der Waals surface area contributed by atoms with Gasteiger partial charge >= 0.3 is 36.1 Å². The average Bonchev–Trinajstić information content (AvgIpc) is 1.98. The highest BCUT2D eigenvalue weighted by molar-refractivity contribution is 8.05. The summed E-state index contributed by atoms with van der Waals surface area (Å²) in [6, 6.07) is 0. The highest BCUT2D eigenvalue weighted by atomic mass is 32.3. The van der Waals surface area contributed by atoms with E-state index in [0.29, 0.717) is 0 Å². The maximum atomic E-state index is 11.5. The zero-order chi connectivity index (χ0) is 15.4. The number of sulfonamides is 2. The Balaban J connectivity index is 0. The molecule has 0 spiro atoms. The van der Waals surface area contributed by atoms with E-state index in [1.165, 1.54) is 0 Å². The van der Waals surface area contributed by atoms with E-state index < -0.39 is 35.2 Å². The summed E-state index contributed by atoms with van der Waals surface area (Å²) < 4.78 is 108. The van der Waals surface area contributed by atoms with Crippen LogP contribution in [0.15, 0.2) is 0 Å². The van der Waals surface area contributed by atoms with Crippen LogP contribution < -0.4 is 9.16 Å². The van der Waals surface area contributed by atoms with Crippen LogP contribution in [0.5, 0.6) is 0 Å². The minimum Gasteiger partial charge on any atom is -0.202 e. The predicted octanol–water partition coefficient (Wildman–Crippen LogP) is -0.138. The van der Waals surface area contributed by atoms with Crippen molar-refractivity contribution in [2.24, 2.45) is 0 Å². The lowest BCUT2D eigenvalue weighted by Crippen LogP contribution is -2.45. The number of hydrogen-bond donors (Lipinski definition) is 1. The van der Waals surface area contributed by atoms with E-state index in [1.807, 2.05) is 0 Å². The molecule has 0 saturated heterocycles. The van der Waals surface area contributed by atoms with Crippen molar-refractivity contribution in [3.63, 3.8) is 0 Å². The minimum absolute atomic E-state index is 0.493. The first kappa shape index (κ1) is 19.1. The van der Waals surface area contributed by atoms with Gasteiger partial charge in [-0.25, -0.2) is 16.8 Å². The van der Waals surface area contributed by atoms with Crippen molar-refractivity contribution in [1.29, 1.82) is 0 Å². The van der Waals surface area contributed by atoms with Crippen molar-refractivity contribution in [3.8, 4) is 0 Å². The molecule has 0 aliphatic carbocycles. The summed E-state index contributed by atoms with van der Waals surface area (Å²) in [4.78, 5) is 16.0. The summed E-state index contributed by atoms with van der Waals surface area (Å²) in [5.74, 6) is 0. The molecule has 0 rings (SSSR count). The van der Waals surface area contributed by atoms with Gasteiger partial charge in [-0.15, -0.1) is 0 Å². The topological polar surface area (TPSA) is 129 Å². The van der Waals surface area contributed by atoms with Gasteiger partial charge in [0.1, 0.15) is 0 Å². The van der Waals surface area contributed by atoms with Crippen LogP contribution >= 0.6 is 0 Å². The van der Waals surface area contributed by atoms with Crippen molar-refractivity contribution in [1.82, 2.24) is 9.16 Å². The van der Waals surface area contributed by atoms with E-state index >= 15 is 0 Å². The Hall–Kier alpha value is -1.25. The van der Waals surface area contributed by atoms with Gasteiger partial charge in [0.05, 0.1) is 0 Å². The highest BCUT2D eigenvalue weighted by Gasteiger charge is 2.55. The van der Waals surface area contributed by atoms with Crippen molar-refractivity contribution in [2.75, 3.05) is 0 Å². The van der Waals surface area contributed by atoms with E-state index in [2.05, 4.69) is 0 Å². The Labute approximate surface area is 94.0 Å². The van der Waals surface area contributed by atoms with Gasteiger partial charge in [-0.05, 0) is 0 Å². The fourth-order valence-corrected chi connectivity index (χ4v) is 2.15. The number of hydrogen-bond acceptors (Lipinski definition) is 6. The molecular weight excluding hydrogens is 326 g/mol. The van der Waals surface area contributed by atoms with E-state index in [4.69, 9.17) is 9.81 Å². The molecule has 0 bridgehead atoms. The van der Waals surface area contributed by atoms with Gasteiger partial charge in [-0.1, -0.05) is 4.13 Å². The SMILES string of the molecule is O=S(=O)(NS(=O)(=O)C(F)(F)F)C(F)(F)F.O=[N+]=O. The normalized spacial score (nSPS) is 13.2. The van der Waals surface area contributed by atoms with Gasteiger partial charge in [0.2, 0.25) is 9.81 Å². The lowest BCUT2D eigenvalue weighted by Gasteiger charge is -2.11. The zero-order valence-corrected chi connectivity index (χ0v) is 9.11. The molecule has 0 unspecified atom stereocenters. The highest BCUT2D eigenvalue weighted by Crippen LogP contribution is 2.27. The van der Waals surface area contributed by atoms with Gasteiger partial charge in [-0.3, -0.25) is 0 Å². The minimum atomic E-state index is -6.60. The summed E-state index contributed by atoms with van der Waals surface area (Å²) in [6.07, 6.45) is 0. The average molecular weight is 327 g/mol. The van der Waals surface area contributed by atoms with Gasteiger partial charge in [0.25, 0.3) is 0 Å². The molecule has 16 heteroatoms. The van der Waals surface area contributed by atoms with Crippen LogP contribution in [0.4, 0.5) is 26.3 Å². The number of nitrogens with zero attached hydrogens (tertiary/aromatic N) is 1. The van der Waals surface area contributed by atoms with E-state index in [-0.39, 0.29) is 0 Å². The Morgan fingerprint density at radius 1 is 0.722 bits per heavy atom. The monoisotopic (exact) mass is 327 g/mol. The molecular formula is C2HF6N2O6S2+. The van der Waals surface area contributed by atoms with Crippen LogP contribution in [0.2, 0.25) is 0 Å². The molecule has 1 N–H and O–H groups in total. The van der Waals surface area contributed by atoms with Crippen LogP contribution in [0.1, 0.15) is 0 Å². The smallest absolute Gasteiger partial charge is 0.202 e. The number of nitrogens with one attached hydrogen (secondary N) is 1. The molecule has 0 aliphatic heterocycles. The van der Waals surface area contributed by atoms with Crippen molar-refractivity contribution < 1.29 is 43.2 Å². The second kappa shape index (κ2) is 5.59. The fraction of sp³-hybridized carbons (Fsp3) is 1.00. The molecule has 0 amide bonds. The fourth-order valence-electron chi connectivity index (χ4n) is 0.239. The largest absolute Gasteiger partial charge is 0.569 e. The standard InChI is InChI=1S/C2HF6NO4S2.NO2/c3-1(4,5)14(10,11)9-15(12,13)2(6,7)8;2-1-3/h9H;/q;+1. The number of halogens is 6. The Morgan fingerprint density at radius 3 is 1.00 bits per heavy atom. The lowest BCUT2D eigenvalue weighted by molar-refractivity contribution is -0.0476. The second-order valence-corrected chi connectivity index (χ2v) is 5.66. The molecule has 0 radical (unpaired) electrons. The van der Waals surface area contributed by atoms with Gasteiger partial charge in [0.15, 0.2) is 0 Å². The summed E-state index contributed by atoms with van der Waals surface area (Å²) in [5.41, 5.74) is -12.3. The van der Waals surface area contributed by atoms with Gasteiger partial charge in [0, 0.05) is 0 Å². The number of alkyl halides is 6. The van der Waals surface area contributed by atoms with Crippen LogP contribution in [0.25, 0.3) is 0 Å². The first-order valence-corrected chi connectivity index (χ1v) is 5.95. The molecule has 0 heterocycles. The molecule has 0 atom stereocenters. The molecule has 0 saturated carbocycles. The lowest BCUT2D eigenvalue weighted by atomic mass is 11.6. The van der Waals surface area contributed by atoms with Crippen LogP contribution in [-0.4, -0.2) is 27.9 Å². The van der Waals surface area contributed by atoms with Crippen LogP contribution in [-0.2, 0) is 20.0 Å². The molecule has 0 aromatic heterocycles. The summed E-state index contributed by atoms with van der Waals surface area (Å²) in [5, 5.41) is 1.00. The Kier molecular flexibility index (Phi) is 5.94. The molecule has 0 fully saturated rings. The third-order valence-electron chi connectivity index (χ3n) is 0.829. The maximum Gasteiger partial charge on any atom is 0.569 e. The van der Waals surface area contributed by atoms with E-state index in [0.717, 1.165) is 5.04 Å². The van der Waals surface area contributed by atoms with Crippen LogP contribution in [0, 0.1) is 9.81 Å².